The zero-order valence-corrected chi connectivity index (χ0v) is 15.8. The van der Waals surface area contributed by atoms with E-state index in [2.05, 4.69) is 4.98 Å². The summed E-state index contributed by atoms with van der Waals surface area (Å²) in [6.07, 6.45) is -5.44. The molecule has 29 heavy (non-hydrogen) atoms. The van der Waals surface area contributed by atoms with Gasteiger partial charge in [-0.05, 0) is 19.1 Å². The molecule has 1 amide bonds. The predicted molar refractivity (Wildman–Crippen MR) is 95.9 cm³/mol. The number of esters is 1. The maximum atomic E-state index is 13.2. The molecule has 1 N–H and O–H groups in total. The van der Waals surface area contributed by atoms with Crippen molar-refractivity contribution >= 4 is 46.5 Å². The molecule has 1 atom stereocenters. The highest BCUT2D eigenvalue weighted by atomic mass is 35.5. The minimum Gasteiger partial charge on any atom is -0.449 e. The summed E-state index contributed by atoms with van der Waals surface area (Å²) in [6.45, 7) is 1.12. The molecule has 0 aliphatic rings. The molecule has 0 radical (unpaired) electrons. The smallest absolute Gasteiger partial charge is 0.418 e. The van der Waals surface area contributed by atoms with Crippen molar-refractivity contribution in [2.24, 2.45) is 0 Å². The zero-order chi connectivity index (χ0) is 21.9. The van der Waals surface area contributed by atoms with E-state index in [-0.39, 0.29) is 21.8 Å². The first-order valence-electron chi connectivity index (χ1n) is 7.58. The van der Waals surface area contributed by atoms with Crippen LogP contribution in [0.3, 0.4) is 0 Å². The molecule has 1 heterocycles. The number of aromatic nitrogens is 1. The van der Waals surface area contributed by atoms with Gasteiger partial charge >= 0.3 is 12.1 Å². The van der Waals surface area contributed by atoms with Crippen LogP contribution in [0.5, 0.6) is 0 Å². The summed E-state index contributed by atoms with van der Waals surface area (Å²) >= 11 is 11.3. The number of nitro benzene ring substituents is 1. The molecule has 0 unspecified atom stereocenters. The fourth-order valence-electron chi connectivity index (χ4n) is 2.04. The summed E-state index contributed by atoms with van der Waals surface area (Å²) in [5.74, 6) is -2.11. The van der Waals surface area contributed by atoms with Gasteiger partial charge in [-0.25, -0.2) is 9.78 Å². The molecular weight excluding hydrogens is 442 g/mol. The summed E-state index contributed by atoms with van der Waals surface area (Å²) in [5.41, 5.74) is -3.09. The molecule has 1 aromatic carbocycles. The zero-order valence-electron chi connectivity index (χ0n) is 14.3. The third kappa shape index (κ3) is 5.55. The Kier molecular flexibility index (Phi) is 6.65. The third-order valence-corrected chi connectivity index (χ3v) is 4.15. The van der Waals surface area contributed by atoms with Gasteiger partial charge in [0.25, 0.3) is 11.6 Å². The summed E-state index contributed by atoms with van der Waals surface area (Å²) in [4.78, 5) is 37.5. The molecule has 0 bridgehead atoms. The van der Waals surface area contributed by atoms with Crippen LogP contribution in [-0.4, -0.2) is 27.9 Å². The molecule has 1 aromatic heterocycles. The lowest BCUT2D eigenvalue weighted by Gasteiger charge is -2.17. The lowest BCUT2D eigenvalue weighted by Crippen LogP contribution is -2.30. The van der Waals surface area contributed by atoms with E-state index in [1.165, 1.54) is 0 Å². The van der Waals surface area contributed by atoms with Gasteiger partial charge in [-0.1, -0.05) is 23.2 Å². The molecular formula is C16H10Cl2F3N3O5. The largest absolute Gasteiger partial charge is 0.449 e. The number of non-ortho nitro benzene ring substituents is 1. The third-order valence-electron chi connectivity index (χ3n) is 3.46. The van der Waals surface area contributed by atoms with Crippen molar-refractivity contribution in [1.82, 2.24) is 4.98 Å². The van der Waals surface area contributed by atoms with Crippen LogP contribution >= 0.6 is 23.2 Å². The van der Waals surface area contributed by atoms with Gasteiger partial charge in [-0.2, -0.15) is 13.2 Å². The van der Waals surface area contributed by atoms with Gasteiger partial charge in [0, 0.05) is 18.3 Å². The van der Waals surface area contributed by atoms with Crippen LogP contribution in [0.4, 0.5) is 24.5 Å². The monoisotopic (exact) mass is 451 g/mol. The van der Waals surface area contributed by atoms with Crippen molar-refractivity contribution in [2.45, 2.75) is 19.2 Å². The van der Waals surface area contributed by atoms with Crippen LogP contribution in [0.1, 0.15) is 22.8 Å². The SMILES string of the molecule is C[C@@H](OC(=O)c1cnc(Cl)c(Cl)c1)C(=O)Nc1ccc([N+](=O)[O-])cc1C(F)(F)F. The lowest BCUT2D eigenvalue weighted by molar-refractivity contribution is -0.385. The van der Waals surface area contributed by atoms with Crippen molar-refractivity contribution in [2.75, 3.05) is 5.32 Å². The number of alkyl halides is 3. The van der Waals surface area contributed by atoms with Crippen LogP contribution in [0.15, 0.2) is 30.5 Å². The number of ether oxygens (including phenoxy) is 1. The van der Waals surface area contributed by atoms with Gasteiger partial charge in [-0.3, -0.25) is 14.9 Å². The first-order chi connectivity index (χ1) is 13.4. The molecule has 0 saturated carbocycles. The van der Waals surface area contributed by atoms with E-state index in [1.807, 2.05) is 5.32 Å². The second-order valence-electron chi connectivity index (χ2n) is 5.52. The first-order valence-corrected chi connectivity index (χ1v) is 8.34. The molecule has 0 spiro atoms. The van der Waals surface area contributed by atoms with Crippen molar-refractivity contribution in [3.05, 3.63) is 61.9 Å². The molecule has 2 rings (SSSR count). The Bertz CT molecular complexity index is 985. The molecule has 0 aliphatic heterocycles. The predicted octanol–water partition coefficient (Wildman–Crippen LogP) is 4.50. The van der Waals surface area contributed by atoms with Crippen molar-refractivity contribution < 1.29 is 32.4 Å². The van der Waals surface area contributed by atoms with Gasteiger partial charge in [0.2, 0.25) is 0 Å². The van der Waals surface area contributed by atoms with E-state index >= 15 is 0 Å². The summed E-state index contributed by atoms with van der Waals surface area (Å²) < 4.78 is 44.3. The molecule has 0 fully saturated rings. The van der Waals surface area contributed by atoms with E-state index in [4.69, 9.17) is 27.9 Å². The van der Waals surface area contributed by atoms with E-state index in [0.717, 1.165) is 31.3 Å². The molecule has 0 aliphatic carbocycles. The number of hydrogen-bond acceptors (Lipinski definition) is 6. The van der Waals surface area contributed by atoms with Gasteiger partial charge in [0.05, 0.1) is 26.8 Å². The van der Waals surface area contributed by atoms with E-state index in [9.17, 15) is 32.9 Å². The van der Waals surface area contributed by atoms with Crippen molar-refractivity contribution in [3.8, 4) is 0 Å². The average Bonchev–Trinajstić information content (AvgIpc) is 2.62. The Hall–Kier alpha value is -2.92. The maximum Gasteiger partial charge on any atom is 0.418 e. The Morgan fingerprint density at radius 3 is 2.48 bits per heavy atom. The Balaban J connectivity index is 2.17. The van der Waals surface area contributed by atoms with Gasteiger partial charge in [-0.15, -0.1) is 0 Å². The molecule has 0 saturated heterocycles. The minimum atomic E-state index is -4.97. The quantitative estimate of drug-likeness (QED) is 0.310. The first kappa shape index (κ1) is 22.4. The Labute approximate surface area is 170 Å². The number of nitro groups is 1. The number of carbonyl (C=O) groups is 2. The average molecular weight is 452 g/mol. The molecule has 8 nitrogen and oxygen atoms in total. The molecule has 2 aromatic rings. The Morgan fingerprint density at radius 1 is 1.28 bits per heavy atom. The second kappa shape index (κ2) is 8.62. The number of amides is 1. The highest BCUT2D eigenvalue weighted by Crippen LogP contribution is 2.37. The van der Waals surface area contributed by atoms with Crippen LogP contribution in [0.25, 0.3) is 0 Å². The van der Waals surface area contributed by atoms with Gasteiger partial charge < -0.3 is 10.1 Å². The maximum absolute atomic E-state index is 13.2. The van der Waals surface area contributed by atoms with Crippen LogP contribution in [-0.2, 0) is 15.7 Å². The van der Waals surface area contributed by atoms with Gasteiger partial charge in [0.15, 0.2) is 6.10 Å². The van der Waals surface area contributed by atoms with E-state index in [0.29, 0.717) is 0 Å². The fourth-order valence-corrected chi connectivity index (χ4v) is 2.31. The van der Waals surface area contributed by atoms with E-state index < -0.39 is 46.0 Å². The normalized spacial score (nSPS) is 12.2. The number of pyridine rings is 1. The van der Waals surface area contributed by atoms with Crippen LogP contribution in [0, 0.1) is 10.1 Å². The number of rotatable bonds is 5. The Morgan fingerprint density at radius 2 is 1.93 bits per heavy atom. The number of anilines is 1. The fraction of sp³-hybridized carbons (Fsp3) is 0.188. The standard InChI is InChI=1S/C16H10Cl2F3N3O5/c1-7(29-15(26)8-4-11(17)13(18)22-6-8)14(25)23-12-3-2-9(24(27)28)5-10(12)16(19,20)21/h2-7H,1H3,(H,23,25)/t7-/m1/s1. The van der Waals surface area contributed by atoms with Crippen molar-refractivity contribution in [1.29, 1.82) is 0 Å². The van der Waals surface area contributed by atoms with Gasteiger partial charge in [0.1, 0.15) is 5.15 Å². The summed E-state index contributed by atoms with van der Waals surface area (Å²) in [5, 5.41) is 12.5. The number of carbonyl (C=O) groups excluding carboxylic acids is 2. The molecule has 13 heteroatoms. The minimum absolute atomic E-state index is 0.0427. The summed E-state index contributed by atoms with van der Waals surface area (Å²) in [6, 6.07) is 2.95. The molecule has 154 valence electrons. The highest BCUT2D eigenvalue weighted by Gasteiger charge is 2.36. The summed E-state index contributed by atoms with van der Waals surface area (Å²) in [7, 11) is 0. The van der Waals surface area contributed by atoms with Crippen LogP contribution < -0.4 is 5.32 Å². The van der Waals surface area contributed by atoms with Crippen LogP contribution in [0.2, 0.25) is 10.2 Å². The second-order valence-corrected chi connectivity index (χ2v) is 6.28. The van der Waals surface area contributed by atoms with Crippen molar-refractivity contribution in [3.63, 3.8) is 0 Å². The lowest BCUT2D eigenvalue weighted by atomic mass is 10.1. The number of benzene rings is 1. The van der Waals surface area contributed by atoms with E-state index in [1.54, 1.807) is 0 Å². The number of nitrogens with one attached hydrogen (secondary N) is 1. The highest BCUT2D eigenvalue weighted by molar-refractivity contribution is 6.41. The number of halogens is 5. The topological polar surface area (TPSA) is 111 Å². The number of hydrogen-bond donors (Lipinski definition) is 1. The number of nitrogens with zero attached hydrogens (tertiary/aromatic N) is 2.